The number of amides is 1. The molecule has 0 aliphatic heterocycles. The normalized spacial score (nSPS) is 12.1. The van der Waals surface area contributed by atoms with E-state index in [1.165, 1.54) is 6.92 Å². The fourth-order valence-corrected chi connectivity index (χ4v) is 3.61. The van der Waals surface area contributed by atoms with Gasteiger partial charge in [-0.15, -0.1) is 0 Å². The van der Waals surface area contributed by atoms with Gasteiger partial charge >= 0.3 is 5.97 Å². The van der Waals surface area contributed by atoms with Gasteiger partial charge in [0.25, 0.3) is 5.91 Å². The number of oxazole rings is 1. The van der Waals surface area contributed by atoms with Gasteiger partial charge in [-0.3, -0.25) is 4.79 Å². The quantitative estimate of drug-likeness (QED) is 0.377. The SMILES string of the molecule is Cc1cc(NC(=O)C(C)OC(=O)c2cccc3cccc(-c4nc5ccccc5o4)c23)no1. The molecule has 1 amide bonds. The molecule has 1 N–H and O–H groups in total. The molecule has 5 aromatic rings. The summed E-state index contributed by atoms with van der Waals surface area (Å²) >= 11 is 0. The van der Waals surface area contributed by atoms with Gasteiger partial charge in [0, 0.05) is 17.0 Å². The van der Waals surface area contributed by atoms with Crippen LogP contribution in [0.1, 0.15) is 23.0 Å². The summed E-state index contributed by atoms with van der Waals surface area (Å²) in [4.78, 5) is 30.1. The Bertz CT molecular complexity index is 1460. The number of carbonyl (C=O) groups is 2. The molecule has 0 fully saturated rings. The Morgan fingerprint density at radius 3 is 2.58 bits per heavy atom. The van der Waals surface area contributed by atoms with Crippen molar-refractivity contribution in [3.05, 3.63) is 78.1 Å². The molecule has 0 bridgehead atoms. The maximum Gasteiger partial charge on any atom is 0.339 e. The summed E-state index contributed by atoms with van der Waals surface area (Å²) in [5, 5.41) is 7.73. The standard InChI is InChI=1S/C25H19N3O5/c1-14-13-21(28-33-14)27-23(29)15(2)31-25(30)18-10-6-8-16-7-5-9-17(22(16)18)24-26-19-11-3-4-12-20(19)32-24/h3-13,15H,1-2H3,(H,27,28,29). The van der Waals surface area contributed by atoms with Gasteiger partial charge in [-0.25, -0.2) is 9.78 Å². The van der Waals surface area contributed by atoms with Gasteiger partial charge in [0.2, 0.25) is 5.89 Å². The topological polar surface area (TPSA) is 107 Å². The van der Waals surface area contributed by atoms with Crippen LogP contribution in [0.2, 0.25) is 0 Å². The Kier molecular flexibility index (Phi) is 5.10. The zero-order valence-corrected chi connectivity index (χ0v) is 17.9. The number of nitrogens with one attached hydrogen (secondary N) is 1. The molecular formula is C25H19N3O5. The number of fused-ring (bicyclic) bond motifs is 2. The monoisotopic (exact) mass is 441 g/mol. The predicted octanol–water partition coefficient (Wildman–Crippen LogP) is 5.13. The molecule has 5 rings (SSSR count). The number of hydrogen-bond acceptors (Lipinski definition) is 7. The summed E-state index contributed by atoms with van der Waals surface area (Å²) < 4.78 is 16.3. The van der Waals surface area contributed by atoms with Gasteiger partial charge in [-0.1, -0.05) is 41.6 Å². The molecule has 3 aromatic carbocycles. The minimum Gasteiger partial charge on any atom is -0.449 e. The fourth-order valence-electron chi connectivity index (χ4n) is 3.61. The number of carbonyl (C=O) groups excluding carboxylic acids is 2. The Morgan fingerprint density at radius 1 is 1.03 bits per heavy atom. The Labute approximate surface area is 188 Å². The van der Waals surface area contributed by atoms with E-state index in [9.17, 15) is 9.59 Å². The highest BCUT2D eigenvalue weighted by atomic mass is 16.5. The van der Waals surface area contributed by atoms with Crippen LogP contribution in [0.5, 0.6) is 0 Å². The molecule has 8 heteroatoms. The van der Waals surface area contributed by atoms with Crippen molar-refractivity contribution in [1.29, 1.82) is 0 Å². The van der Waals surface area contributed by atoms with Crippen LogP contribution >= 0.6 is 0 Å². The van der Waals surface area contributed by atoms with E-state index >= 15 is 0 Å². The maximum atomic E-state index is 13.1. The van der Waals surface area contributed by atoms with Gasteiger partial charge < -0.3 is 19.0 Å². The molecule has 1 atom stereocenters. The second-order valence-electron chi connectivity index (χ2n) is 7.56. The highest BCUT2D eigenvalue weighted by Crippen LogP contribution is 2.33. The highest BCUT2D eigenvalue weighted by Gasteiger charge is 2.23. The first-order chi connectivity index (χ1) is 16.0. The molecule has 0 saturated heterocycles. The number of nitrogens with zero attached hydrogens (tertiary/aromatic N) is 2. The lowest BCUT2D eigenvalue weighted by molar-refractivity contribution is -0.123. The molecule has 1 unspecified atom stereocenters. The third-order valence-electron chi connectivity index (χ3n) is 5.18. The van der Waals surface area contributed by atoms with E-state index in [2.05, 4.69) is 15.5 Å². The molecule has 0 saturated carbocycles. The second kappa shape index (κ2) is 8.23. The van der Waals surface area contributed by atoms with Gasteiger partial charge in [0.1, 0.15) is 11.3 Å². The molecule has 0 radical (unpaired) electrons. The predicted molar refractivity (Wildman–Crippen MR) is 122 cm³/mol. The minimum atomic E-state index is -1.05. The van der Waals surface area contributed by atoms with Gasteiger partial charge in [-0.2, -0.15) is 0 Å². The Hall–Kier alpha value is -4.46. The van der Waals surface area contributed by atoms with Crippen LogP contribution in [0.15, 0.2) is 75.7 Å². The number of aryl methyl sites for hydroxylation is 1. The minimum absolute atomic E-state index is 0.254. The lowest BCUT2D eigenvalue weighted by Gasteiger charge is -2.14. The van der Waals surface area contributed by atoms with Crippen LogP contribution in [0.4, 0.5) is 5.82 Å². The molecule has 0 aliphatic rings. The van der Waals surface area contributed by atoms with Gasteiger partial charge in [-0.05, 0) is 43.5 Å². The van der Waals surface area contributed by atoms with Crippen LogP contribution in [-0.4, -0.2) is 28.1 Å². The molecule has 2 aromatic heterocycles. The molecule has 8 nitrogen and oxygen atoms in total. The van der Waals surface area contributed by atoms with Crippen molar-refractivity contribution in [2.24, 2.45) is 0 Å². The number of hydrogen-bond donors (Lipinski definition) is 1. The van der Waals surface area contributed by atoms with Crippen molar-refractivity contribution in [2.45, 2.75) is 20.0 Å². The molecule has 164 valence electrons. The third-order valence-corrected chi connectivity index (χ3v) is 5.18. The van der Waals surface area contributed by atoms with Crippen LogP contribution in [0, 0.1) is 6.92 Å². The van der Waals surface area contributed by atoms with E-state index in [-0.39, 0.29) is 5.82 Å². The van der Waals surface area contributed by atoms with E-state index in [0.717, 1.165) is 10.9 Å². The van der Waals surface area contributed by atoms with Gasteiger partial charge in [0.15, 0.2) is 17.5 Å². The molecule has 0 spiro atoms. The van der Waals surface area contributed by atoms with Crippen LogP contribution in [0.25, 0.3) is 33.3 Å². The first-order valence-corrected chi connectivity index (χ1v) is 10.3. The molecule has 0 aliphatic carbocycles. The van der Waals surface area contributed by atoms with E-state index in [4.69, 9.17) is 13.7 Å². The van der Waals surface area contributed by atoms with Crippen molar-refractivity contribution in [2.75, 3.05) is 5.32 Å². The third kappa shape index (κ3) is 3.94. The number of esters is 1. The molecule has 33 heavy (non-hydrogen) atoms. The van der Waals surface area contributed by atoms with Gasteiger partial charge in [0.05, 0.1) is 5.56 Å². The van der Waals surface area contributed by atoms with Crippen molar-refractivity contribution in [1.82, 2.24) is 10.1 Å². The fraction of sp³-hybridized carbons (Fsp3) is 0.120. The number of anilines is 1. The average Bonchev–Trinajstić information content (AvgIpc) is 3.43. The summed E-state index contributed by atoms with van der Waals surface area (Å²) in [5.41, 5.74) is 2.34. The van der Waals surface area contributed by atoms with Crippen molar-refractivity contribution >= 4 is 39.6 Å². The lowest BCUT2D eigenvalue weighted by Crippen LogP contribution is -2.30. The zero-order valence-electron chi connectivity index (χ0n) is 17.9. The smallest absolute Gasteiger partial charge is 0.339 e. The van der Waals surface area contributed by atoms with E-state index in [0.29, 0.717) is 33.7 Å². The highest BCUT2D eigenvalue weighted by molar-refractivity contribution is 6.10. The van der Waals surface area contributed by atoms with E-state index in [1.54, 1.807) is 25.1 Å². The number of rotatable bonds is 5. The number of ether oxygens (including phenoxy) is 1. The number of para-hydroxylation sites is 2. The maximum absolute atomic E-state index is 13.1. The summed E-state index contributed by atoms with van der Waals surface area (Å²) in [7, 11) is 0. The summed E-state index contributed by atoms with van der Waals surface area (Å²) in [6, 6.07) is 19.9. The molecular weight excluding hydrogens is 422 g/mol. The van der Waals surface area contributed by atoms with Crippen LogP contribution in [-0.2, 0) is 9.53 Å². The van der Waals surface area contributed by atoms with E-state index < -0.39 is 18.0 Å². The molecule has 2 heterocycles. The lowest BCUT2D eigenvalue weighted by atomic mass is 9.99. The summed E-state index contributed by atoms with van der Waals surface area (Å²) in [5.74, 6) is 0.0506. The van der Waals surface area contributed by atoms with Crippen molar-refractivity contribution in [3.8, 4) is 11.5 Å². The zero-order chi connectivity index (χ0) is 22.9. The number of aromatic nitrogens is 2. The second-order valence-corrected chi connectivity index (χ2v) is 7.56. The van der Waals surface area contributed by atoms with Crippen molar-refractivity contribution in [3.63, 3.8) is 0 Å². The van der Waals surface area contributed by atoms with E-state index in [1.807, 2.05) is 48.5 Å². The number of benzene rings is 3. The Balaban J connectivity index is 1.47. The Morgan fingerprint density at radius 2 is 1.82 bits per heavy atom. The first-order valence-electron chi connectivity index (χ1n) is 10.3. The van der Waals surface area contributed by atoms with Crippen molar-refractivity contribution < 1.29 is 23.3 Å². The van der Waals surface area contributed by atoms with Crippen LogP contribution in [0.3, 0.4) is 0 Å². The summed E-state index contributed by atoms with van der Waals surface area (Å²) in [6.07, 6.45) is -1.05. The largest absolute Gasteiger partial charge is 0.449 e. The van der Waals surface area contributed by atoms with Crippen LogP contribution < -0.4 is 5.32 Å². The summed E-state index contributed by atoms with van der Waals surface area (Å²) in [6.45, 7) is 3.20. The average molecular weight is 441 g/mol. The first kappa shape index (κ1) is 20.4.